The van der Waals surface area contributed by atoms with Crippen LogP contribution < -0.4 is 0 Å². The van der Waals surface area contributed by atoms with E-state index in [-0.39, 0.29) is 23.7 Å². The second-order valence-electron chi connectivity index (χ2n) is 5.98. The topological polar surface area (TPSA) is 46.3 Å². The van der Waals surface area contributed by atoms with E-state index >= 15 is 0 Å². The SMILES string of the molecule is CC(C)c1cc(C(=O)N2CCC[C@@H]2c2ccc(F)cc2)no1. The molecule has 0 aliphatic carbocycles. The van der Waals surface area contributed by atoms with Crippen LogP contribution in [0.2, 0.25) is 0 Å². The van der Waals surface area contributed by atoms with Gasteiger partial charge in [-0.15, -0.1) is 0 Å². The molecule has 0 saturated carbocycles. The van der Waals surface area contributed by atoms with Crippen molar-refractivity contribution in [3.8, 4) is 0 Å². The van der Waals surface area contributed by atoms with Crippen molar-refractivity contribution in [2.45, 2.75) is 38.6 Å². The van der Waals surface area contributed by atoms with Crippen LogP contribution in [-0.2, 0) is 0 Å². The molecule has 116 valence electrons. The maximum atomic E-state index is 13.1. The molecule has 0 spiro atoms. The summed E-state index contributed by atoms with van der Waals surface area (Å²) in [6.45, 7) is 4.67. The number of benzene rings is 1. The molecule has 0 N–H and O–H groups in total. The van der Waals surface area contributed by atoms with Gasteiger partial charge in [0.05, 0.1) is 6.04 Å². The quantitative estimate of drug-likeness (QED) is 0.863. The van der Waals surface area contributed by atoms with Gasteiger partial charge in [0.15, 0.2) is 5.69 Å². The number of aromatic nitrogens is 1. The molecule has 1 aromatic heterocycles. The Balaban J connectivity index is 1.82. The minimum Gasteiger partial charge on any atom is -0.360 e. The lowest BCUT2D eigenvalue weighted by molar-refractivity contribution is 0.0725. The van der Waals surface area contributed by atoms with Gasteiger partial charge in [0.25, 0.3) is 5.91 Å². The van der Waals surface area contributed by atoms with Crippen LogP contribution in [0.3, 0.4) is 0 Å². The Kier molecular flexibility index (Phi) is 3.96. The molecule has 22 heavy (non-hydrogen) atoms. The molecule has 0 unspecified atom stereocenters. The standard InChI is InChI=1S/C17H19FN2O2/c1-11(2)16-10-14(19-22-16)17(21)20-9-3-4-15(20)12-5-7-13(18)8-6-12/h5-8,10-11,15H,3-4,9H2,1-2H3/t15-/m1/s1. The Morgan fingerprint density at radius 2 is 2.09 bits per heavy atom. The molecule has 4 nitrogen and oxygen atoms in total. The zero-order valence-electron chi connectivity index (χ0n) is 12.8. The Morgan fingerprint density at radius 1 is 1.36 bits per heavy atom. The average Bonchev–Trinajstić information content (AvgIpc) is 3.17. The zero-order chi connectivity index (χ0) is 15.7. The largest absolute Gasteiger partial charge is 0.360 e. The Bertz CT molecular complexity index is 664. The number of hydrogen-bond acceptors (Lipinski definition) is 3. The van der Waals surface area contributed by atoms with Gasteiger partial charge in [-0.05, 0) is 30.5 Å². The van der Waals surface area contributed by atoms with Gasteiger partial charge in [0.1, 0.15) is 11.6 Å². The van der Waals surface area contributed by atoms with Crippen LogP contribution in [0, 0.1) is 5.82 Å². The summed E-state index contributed by atoms with van der Waals surface area (Å²) in [6, 6.07) is 8.05. The zero-order valence-corrected chi connectivity index (χ0v) is 12.8. The molecule has 1 fully saturated rings. The highest BCUT2D eigenvalue weighted by molar-refractivity contribution is 5.92. The van der Waals surface area contributed by atoms with Gasteiger partial charge < -0.3 is 9.42 Å². The van der Waals surface area contributed by atoms with Crippen molar-refractivity contribution in [1.29, 1.82) is 0 Å². The highest BCUT2D eigenvalue weighted by Crippen LogP contribution is 2.33. The number of halogens is 1. The maximum Gasteiger partial charge on any atom is 0.276 e. The highest BCUT2D eigenvalue weighted by Gasteiger charge is 2.32. The van der Waals surface area contributed by atoms with Crippen molar-refractivity contribution >= 4 is 5.91 Å². The minimum atomic E-state index is -0.266. The first kappa shape index (κ1) is 14.8. The van der Waals surface area contributed by atoms with Crippen LogP contribution in [0.25, 0.3) is 0 Å². The van der Waals surface area contributed by atoms with E-state index in [0.29, 0.717) is 18.0 Å². The van der Waals surface area contributed by atoms with Crippen molar-refractivity contribution in [3.05, 3.63) is 53.2 Å². The monoisotopic (exact) mass is 302 g/mol. The molecule has 2 heterocycles. The molecule has 1 aromatic carbocycles. The number of likely N-dealkylation sites (tertiary alicyclic amines) is 1. The van der Waals surface area contributed by atoms with Crippen molar-refractivity contribution in [3.63, 3.8) is 0 Å². The van der Waals surface area contributed by atoms with Crippen LogP contribution in [-0.4, -0.2) is 22.5 Å². The van der Waals surface area contributed by atoms with Crippen molar-refractivity contribution in [1.82, 2.24) is 10.1 Å². The predicted molar refractivity (Wildman–Crippen MR) is 80.0 cm³/mol. The predicted octanol–water partition coefficient (Wildman–Crippen LogP) is 3.91. The number of hydrogen-bond donors (Lipinski definition) is 0. The van der Waals surface area contributed by atoms with E-state index in [4.69, 9.17) is 4.52 Å². The third-order valence-electron chi connectivity index (χ3n) is 4.08. The van der Waals surface area contributed by atoms with Crippen molar-refractivity contribution < 1.29 is 13.7 Å². The molecule has 1 aliphatic heterocycles. The second-order valence-corrected chi connectivity index (χ2v) is 5.98. The Labute approximate surface area is 128 Å². The Morgan fingerprint density at radius 3 is 2.73 bits per heavy atom. The molecule has 5 heteroatoms. The Hall–Kier alpha value is -2.17. The molecule has 0 radical (unpaired) electrons. The fraction of sp³-hybridized carbons (Fsp3) is 0.412. The molecule has 3 rings (SSSR count). The summed E-state index contributed by atoms with van der Waals surface area (Å²) in [6.07, 6.45) is 1.81. The number of carbonyl (C=O) groups excluding carboxylic acids is 1. The number of rotatable bonds is 3. The van der Waals surface area contributed by atoms with Gasteiger partial charge in [-0.2, -0.15) is 0 Å². The third kappa shape index (κ3) is 2.75. The first-order valence-electron chi connectivity index (χ1n) is 7.59. The molecule has 0 bridgehead atoms. The first-order chi connectivity index (χ1) is 10.6. The normalized spacial score (nSPS) is 18.2. The van der Waals surface area contributed by atoms with Gasteiger partial charge in [0, 0.05) is 18.5 Å². The van der Waals surface area contributed by atoms with E-state index in [1.165, 1.54) is 12.1 Å². The van der Waals surface area contributed by atoms with Crippen molar-refractivity contribution in [2.24, 2.45) is 0 Å². The van der Waals surface area contributed by atoms with Gasteiger partial charge in [-0.25, -0.2) is 4.39 Å². The number of nitrogens with zero attached hydrogens (tertiary/aromatic N) is 2. The lowest BCUT2D eigenvalue weighted by Gasteiger charge is -2.24. The molecule has 2 aromatic rings. The van der Waals surface area contributed by atoms with Gasteiger partial charge in [-0.3, -0.25) is 4.79 Å². The van der Waals surface area contributed by atoms with E-state index in [1.54, 1.807) is 23.1 Å². The van der Waals surface area contributed by atoms with Crippen LogP contribution in [0.5, 0.6) is 0 Å². The van der Waals surface area contributed by atoms with Gasteiger partial charge in [0.2, 0.25) is 0 Å². The minimum absolute atomic E-state index is 0.0210. The van der Waals surface area contributed by atoms with E-state index in [0.717, 1.165) is 18.4 Å². The lowest BCUT2D eigenvalue weighted by Crippen LogP contribution is -2.30. The molecule has 1 aliphatic rings. The van der Waals surface area contributed by atoms with Crippen LogP contribution >= 0.6 is 0 Å². The molecule has 1 saturated heterocycles. The summed E-state index contributed by atoms with van der Waals surface area (Å²) in [5.74, 6) is 0.515. The molecule has 1 amide bonds. The highest BCUT2D eigenvalue weighted by atomic mass is 19.1. The van der Waals surface area contributed by atoms with E-state index in [2.05, 4.69) is 5.16 Å². The number of amides is 1. The summed E-state index contributed by atoms with van der Waals surface area (Å²) < 4.78 is 18.3. The van der Waals surface area contributed by atoms with Crippen LogP contribution in [0.1, 0.15) is 60.5 Å². The summed E-state index contributed by atoms with van der Waals surface area (Å²) in [5, 5.41) is 3.90. The number of carbonyl (C=O) groups is 1. The lowest BCUT2D eigenvalue weighted by atomic mass is 10.0. The van der Waals surface area contributed by atoms with E-state index in [9.17, 15) is 9.18 Å². The van der Waals surface area contributed by atoms with Crippen LogP contribution in [0.15, 0.2) is 34.9 Å². The first-order valence-corrected chi connectivity index (χ1v) is 7.59. The van der Waals surface area contributed by atoms with Gasteiger partial charge >= 0.3 is 0 Å². The van der Waals surface area contributed by atoms with Gasteiger partial charge in [-0.1, -0.05) is 31.1 Å². The fourth-order valence-electron chi connectivity index (χ4n) is 2.85. The molecular formula is C17H19FN2O2. The third-order valence-corrected chi connectivity index (χ3v) is 4.08. The summed E-state index contributed by atoms with van der Waals surface area (Å²) in [7, 11) is 0. The van der Waals surface area contributed by atoms with E-state index < -0.39 is 0 Å². The average molecular weight is 302 g/mol. The summed E-state index contributed by atoms with van der Waals surface area (Å²) in [4.78, 5) is 14.5. The van der Waals surface area contributed by atoms with Crippen LogP contribution in [0.4, 0.5) is 4.39 Å². The summed E-state index contributed by atoms with van der Waals surface area (Å²) >= 11 is 0. The molecular weight excluding hydrogens is 283 g/mol. The second kappa shape index (κ2) is 5.91. The summed E-state index contributed by atoms with van der Waals surface area (Å²) in [5.41, 5.74) is 1.30. The van der Waals surface area contributed by atoms with E-state index in [1.807, 2.05) is 13.8 Å². The smallest absolute Gasteiger partial charge is 0.276 e. The maximum absolute atomic E-state index is 13.1. The fourth-order valence-corrected chi connectivity index (χ4v) is 2.85. The molecule has 1 atom stereocenters. The van der Waals surface area contributed by atoms with Crippen molar-refractivity contribution in [2.75, 3.05) is 6.54 Å².